The van der Waals surface area contributed by atoms with Crippen LogP contribution in [0.2, 0.25) is 0 Å². The zero-order valence-electron chi connectivity index (χ0n) is 6.54. The van der Waals surface area contributed by atoms with Crippen LogP contribution in [-0.4, -0.2) is 10.1 Å². The van der Waals surface area contributed by atoms with Crippen molar-refractivity contribution < 1.29 is 5.11 Å². The summed E-state index contributed by atoms with van der Waals surface area (Å²) >= 11 is 3.29. The number of hydrogen-bond donors (Lipinski definition) is 2. The Morgan fingerprint density at radius 2 is 2.15 bits per heavy atom. The van der Waals surface area contributed by atoms with Gasteiger partial charge < -0.3 is 10.1 Å². The third-order valence-electron chi connectivity index (χ3n) is 1.80. The molecular weight excluding hydrogens is 234 g/mol. The first-order chi connectivity index (χ1) is 6.18. The standard InChI is InChI=1S/C9H6BrNO2/c10-5-2-1-3-6-9(5)7(12)4-8(13)11-6/h1-4H,(H2,11,12,13). The smallest absolute Gasteiger partial charge is 0.252 e. The van der Waals surface area contributed by atoms with E-state index in [1.54, 1.807) is 18.2 Å². The molecule has 0 fully saturated rings. The third-order valence-corrected chi connectivity index (χ3v) is 2.46. The number of nitrogens with one attached hydrogen (secondary N) is 1. The lowest BCUT2D eigenvalue weighted by atomic mass is 10.2. The average Bonchev–Trinajstić information content (AvgIpc) is 2.02. The lowest BCUT2D eigenvalue weighted by Gasteiger charge is -2.01. The second-order valence-corrected chi connectivity index (χ2v) is 3.54. The van der Waals surface area contributed by atoms with Crippen LogP contribution in [0.5, 0.6) is 5.75 Å². The van der Waals surface area contributed by atoms with Gasteiger partial charge in [0.15, 0.2) is 0 Å². The van der Waals surface area contributed by atoms with Gasteiger partial charge in [-0.2, -0.15) is 0 Å². The van der Waals surface area contributed by atoms with E-state index < -0.39 is 0 Å². The molecule has 0 radical (unpaired) electrons. The summed E-state index contributed by atoms with van der Waals surface area (Å²) in [4.78, 5) is 13.6. The SMILES string of the molecule is O=c1cc(O)c2c(Br)cccc2[nH]1. The zero-order chi connectivity index (χ0) is 9.42. The van der Waals surface area contributed by atoms with Gasteiger partial charge >= 0.3 is 0 Å². The highest BCUT2D eigenvalue weighted by molar-refractivity contribution is 9.10. The van der Waals surface area contributed by atoms with Gasteiger partial charge in [0.25, 0.3) is 5.56 Å². The number of aromatic hydroxyl groups is 1. The molecule has 2 N–H and O–H groups in total. The molecule has 0 aliphatic rings. The minimum absolute atomic E-state index is 0.00812. The van der Waals surface area contributed by atoms with Gasteiger partial charge in [0.2, 0.25) is 0 Å². The van der Waals surface area contributed by atoms with E-state index in [0.717, 1.165) is 10.5 Å². The fraction of sp³-hybridized carbons (Fsp3) is 0. The Balaban J connectivity index is 3.03. The number of halogens is 1. The second kappa shape index (κ2) is 2.88. The minimum Gasteiger partial charge on any atom is -0.507 e. The molecule has 0 aliphatic carbocycles. The molecule has 0 atom stereocenters. The fourth-order valence-electron chi connectivity index (χ4n) is 1.25. The van der Waals surface area contributed by atoms with Crippen LogP contribution in [-0.2, 0) is 0 Å². The van der Waals surface area contributed by atoms with E-state index in [1.165, 1.54) is 0 Å². The molecule has 0 bridgehead atoms. The van der Waals surface area contributed by atoms with Crippen LogP contribution in [0.1, 0.15) is 0 Å². The Kier molecular flexibility index (Phi) is 1.84. The van der Waals surface area contributed by atoms with Crippen molar-refractivity contribution in [2.75, 3.05) is 0 Å². The van der Waals surface area contributed by atoms with Crippen molar-refractivity contribution >= 4 is 26.8 Å². The molecule has 0 unspecified atom stereocenters. The van der Waals surface area contributed by atoms with Gasteiger partial charge in [-0.05, 0) is 28.1 Å². The fourth-order valence-corrected chi connectivity index (χ4v) is 1.82. The topological polar surface area (TPSA) is 53.1 Å². The molecule has 4 heteroatoms. The molecule has 0 spiro atoms. The molecule has 2 aromatic rings. The van der Waals surface area contributed by atoms with Crippen LogP contribution in [0.3, 0.4) is 0 Å². The first-order valence-electron chi connectivity index (χ1n) is 3.69. The zero-order valence-corrected chi connectivity index (χ0v) is 8.13. The average molecular weight is 240 g/mol. The minimum atomic E-state index is -0.303. The number of pyridine rings is 1. The summed E-state index contributed by atoms with van der Waals surface area (Å²) in [7, 11) is 0. The molecule has 1 aromatic carbocycles. The van der Waals surface area contributed by atoms with Gasteiger partial charge in [-0.15, -0.1) is 0 Å². The number of fused-ring (bicyclic) bond motifs is 1. The van der Waals surface area contributed by atoms with Crippen molar-refractivity contribution in [3.8, 4) is 5.75 Å². The maximum Gasteiger partial charge on any atom is 0.252 e. The van der Waals surface area contributed by atoms with Crippen LogP contribution >= 0.6 is 15.9 Å². The quantitative estimate of drug-likeness (QED) is 0.739. The van der Waals surface area contributed by atoms with Crippen molar-refractivity contribution in [1.82, 2.24) is 4.98 Å². The van der Waals surface area contributed by atoms with E-state index in [-0.39, 0.29) is 11.3 Å². The van der Waals surface area contributed by atoms with Gasteiger partial charge in [0, 0.05) is 10.5 Å². The van der Waals surface area contributed by atoms with E-state index in [9.17, 15) is 9.90 Å². The summed E-state index contributed by atoms with van der Waals surface area (Å²) in [6.07, 6.45) is 0. The summed E-state index contributed by atoms with van der Waals surface area (Å²) in [5.74, 6) is -0.00812. The van der Waals surface area contributed by atoms with Crippen molar-refractivity contribution in [2.45, 2.75) is 0 Å². The van der Waals surface area contributed by atoms with Crippen molar-refractivity contribution in [2.24, 2.45) is 0 Å². The van der Waals surface area contributed by atoms with Crippen molar-refractivity contribution in [3.63, 3.8) is 0 Å². The monoisotopic (exact) mass is 239 g/mol. The van der Waals surface area contributed by atoms with E-state index >= 15 is 0 Å². The highest BCUT2D eigenvalue weighted by Gasteiger charge is 2.04. The number of aromatic nitrogens is 1. The van der Waals surface area contributed by atoms with Gasteiger partial charge in [-0.3, -0.25) is 4.79 Å². The van der Waals surface area contributed by atoms with Gasteiger partial charge in [0.1, 0.15) is 5.75 Å². The highest BCUT2D eigenvalue weighted by atomic mass is 79.9. The normalized spacial score (nSPS) is 10.5. The Hall–Kier alpha value is -1.29. The molecule has 1 aromatic heterocycles. The number of hydrogen-bond acceptors (Lipinski definition) is 2. The maximum absolute atomic E-state index is 11.0. The predicted molar refractivity (Wildman–Crippen MR) is 53.9 cm³/mol. The van der Waals surface area contributed by atoms with Crippen molar-refractivity contribution in [1.29, 1.82) is 0 Å². The first-order valence-corrected chi connectivity index (χ1v) is 4.48. The summed E-state index contributed by atoms with van der Waals surface area (Å²) in [6, 6.07) is 6.50. The first kappa shape index (κ1) is 8.31. The van der Waals surface area contributed by atoms with E-state index in [4.69, 9.17) is 0 Å². The Morgan fingerprint density at radius 3 is 2.92 bits per heavy atom. The predicted octanol–water partition coefficient (Wildman–Crippen LogP) is 2.00. The van der Waals surface area contributed by atoms with Crippen LogP contribution < -0.4 is 5.56 Å². The third kappa shape index (κ3) is 1.33. The van der Waals surface area contributed by atoms with Crippen LogP contribution in [0.15, 0.2) is 33.5 Å². The van der Waals surface area contributed by atoms with E-state index in [2.05, 4.69) is 20.9 Å². The molecular formula is C9H6BrNO2. The summed E-state index contributed by atoms with van der Waals surface area (Å²) < 4.78 is 0.763. The number of H-pyrrole nitrogens is 1. The van der Waals surface area contributed by atoms with Crippen LogP contribution in [0.25, 0.3) is 10.9 Å². The van der Waals surface area contributed by atoms with Gasteiger partial charge in [-0.1, -0.05) is 6.07 Å². The van der Waals surface area contributed by atoms with Crippen LogP contribution in [0, 0.1) is 0 Å². The molecule has 0 aliphatic heterocycles. The van der Waals surface area contributed by atoms with Gasteiger partial charge in [0.05, 0.1) is 10.9 Å². The van der Waals surface area contributed by atoms with Crippen molar-refractivity contribution in [3.05, 3.63) is 39.1 Å². The Morgan fingerprint density at radius 1 is 1.38 bits per heavy atom. The molecule has 66 valence electrons. The maximum atomic E-state index is 11.0. The number of rotatable bonds is 0. The van der Waals surface area contributed by atoms with E-state index in [1.807, 2.05) is 0 Å². The lowest BCUT2D eigenvalue weighted by molar-refractivity contribution is 0.480. The molecule has 13 heavy (non-hydrogen) atoms. The molecule has 3 nitrogen and oxygen atoms in total. The number of benzene rings is 1. The summed E-state index contributed by atoms with van der Waals surface area (Å²) in [5.41, 5.74) is 0.322. The molecule has 2 rings (SSSR count). The van der Waals surface area contributed by atoms with Gasteiger partial charge in [-0.25, -0.2) is 0 Å². The Bertz CT molecular complexity index is 518. The van der Waals surface area contributed by atoms with Crippen LogP contribution in [0.4, 0.5) is 0 Å². The second-order valence-electron chi connectivity index (χ2n) is 2.68. The van der Waals surface area contributed by atoms with E-state index in [0.29, 0.717) is 10.9 Å². The number of aromatic amines is 1. The highest BCUT2D eigenvalue weighted by Crippen LogP contribution is 2.28. The molecule has 1 heterocycles. The largest absolute Gasteiger partial charge is 0.507 e. The summed E-state index contributed by atoms with van der Waals surface area (Å²) in [6.45, 7) is 0. The summed E-state index contributed by atoms with van der Waals surface area (Å²) in [5, 5.41) is 10.1. The molecule has 0 saturated carbocycles. The lowest BCUT2D eigenvalue weighted by Crippen LogP contribution is -2.02. The Labute approximate surface area is 82.2 Å². The molecule has 0 saturated heterocycles. The molecule has 0 amide bonds.